The SMILES string of the molecule is CNC1CC(C)C2C[C@H]2C1O. The lowest BCUT2D eigenvalue weighted by Gasteiger charge is -2.30. The summed E-state index contributed by atoms with van der Waals surface area (Å²) in [6.07, 6.45) is 2.35. The number of nitrogens with one attached hydrogen (secondary N) is 1. The van der Waals surface area contributed by atoms with Crippen molar-refractivity contribution >= 4 is 0 Å². The summed E-state index contributed by atoms with van der Waals surface area (Å²) >= 11 is 0. The normalized spacial score (nSPS) is 55.4. The van der Waals surface area contributed by atoms with Gasteiger partial charge in [-0.2, -0.15) is 0 Å². The van der Waals surface area contributed by atoms with E-state index in [0.717, 1.165) is 18.3 Å². The maximum Gasteiger partial charge on any atom is 0.0724 e. The molecule has 0 aliphatic heterocycles. The summed E-state index contributed by atoms with van der Waals surface area (Å²) in [7, 11) is 1.95. The minimum absolute atomic E-state index is 0.0683. The number of aliphatic hydroxyl groups excluding tert-OH is 1. The van der Waals surface area contributed by atoms with Crippen LogP contribution in [0.4, 0.5) is 0 Å². The summed E-state index contributed by atoms with van der Waals surface area (Å²) in [6.45, 7) is 2.31. The largest absolute Gasteiger partial charge is 0.391 e. The van der Waals surface area contributed by atoms with E-state index in [1.165, 1.54) is 6.42 Å². The first kappa shape index (κ1) is 7.56. The van der Waals surface area contributed by atoms with Crippen LogP contribution in [0.25, 0.3) is 0 Å². The zero-order valence-corrected chi connectivity index (χ0v) is 7.25. The fourth-order valence-corrected chi connectivity index (χ4v) is 2.58. The van der Waals surface area contributed by atoms with Crippen molar-refractivity contribution in [1.82, 2.24) is 5.32 Å². The third-order valence-electron chi connectivity index (χ3n) is 3.47. The molecule has 64 valence electrons. The molecule has 2 saturated carbocycles. The highest BCUT2D eigenvalue weighted by atomic mass is 16.3. The van der Waals surface area contributed by atoms with Gasteiger partial charge in [0.05, 0.1) is 6.10 Å². The van der Waals surface area contributed by atoms with E-state index in [9.17, 15) is 5.11 Å². The maximum atomic E-state index is 9.73. The molecule has 0 bridgehead atoms. The fourth-order valence-electron chi connectivity index (χ4n) is 2.58. The van der Waals surface area contributed by atoms with Gasteiger partial charge in [0.1, 0.15) is 0 Å². The van der Waals surface area contributed by atoms with Crippen molar-refractivity contribution < 1.29 is 5.11 Å². The minimum atomic E-state index is -0.0683. The Morgan fingerprint density at radius 1 is 1.27 bits per heavy atom. The van der Waals surface area contributed by atoms with E-state index in [0.29, 0.717) is 12.0 Å². The fraction of sp³-hybridized carbons (Fsp3) is 1.00. The predicted octanol–water partition coefficient (Wildman–Crippen LogP) is 0.611. The van der Waals surface area contributed by atoms with Crippen molar-refractivity contribution in [3.63, 3.8) is 0 Å². The Morgan fingerprint density at radius 2 is 2.00 bits per heavy atom. The third kappa shape index (κ3) is 1.09. The van der Waals surface area contributed by atoms with Crippen LogP contribution in [0.2, 0.25) is 0 Å². The molecule has 2 aliphatic rings. The Morgan fingerprint density at radius 3 is 2.64 bits per heavy atom. The van der Waals surface area contributed by atoms with Crippen LogP contribution in [0.1, 0.15) is 19.8 Å². The van der Waals surface area contributed by atoms with Crippen LogP contribution < -0.4 is 5.32 Å². The van der Waals surface area contributed by atoms with Gasteiger partial charge in [0.25, 0.3) is 0 Å². The zero-order valence-electron chi connectivity index (χ0n) is 7.25. The van der Waals surface area contributed by atoms with Gasteiger partial charge in [0.15, 0.2) is 0 Å². The average Bonchev–Trinajstić information content (AvgIpc) is 2.75. The number of fused-ring (bicyclic) bond motifs is 1. The van der Waals surface area contributed by atoms with E-state index in [2.05, 4.69) is 12.2 Å². The Bertz CT molecular complexity index is 160. The number of likely N-dealkylation sites (N-methyl/N-ethyl adjacent to an activating group) is 1. The first-order chi connectivity index (χ1) is 5.24. The molecule has 11 heavy (non-hydrogen) atoms. The highest BCUT2D eigenvalue weighted by Crippen LogP contribution is 2.52. The van der Waals surface area contributed by atoms with Gasteiger partial charge >= 0.3 is 0 Å². The summed E-state index contributed by atoms with van der Waals surface area (Å²) in [5.41, 5.74) is 0. The molecular formula is C9H17NO. The van der Waals surface area contributed by atoms with Gasteiger partial charge in [0.2, 0.25) is 0 Å². The summed E-state index contributed by atoms with van der Waals surface area (Å²) in [6, 6.07) is 0.355. The van der Waals surface area contributed by atoms with Crippen LogP contribution in [-0.4, -0.2) is 24.3 Å². The summed E-state index contributed by atoms with van der Waals surface area (Å²) in [5.74, 6) is 2.28. The summed E-state index contributed by atoms with van der Waals surface area (Å²) in [4.78, 5) is 0. The van der Waals surface area contributed by atoms with E-state index in [1.807, 2.05) is 7.05 Å². The molecule has 0 aromatic carbocycles. The second-order valence-corrected chi connectivity index (χ2v) is 4.16. The number of aliphatic hydroxyl groups is 1. The molecule has 0 aromatic heterocycles. The van der Waals surface area contributed by atoms with Crippen molar-refractivity contribution in [2.45, 2.75) is 31.9 Å². The molecule has 5 atom stereocenters. The molecule has 0 spiro atoms. The van der Waals surface area contributed by atoms with Crippen molar-refractivity contribution in [3.8, 4) is 0 Å². The Hall–Kier alpha value is -0.0800. The third-order valence-corrected chi connectivity index (χ3v) is 3.47. The average molecular weight is 155 g/mol. The number of rotatable bonds is 1. The van der Waals surface area contributed by atoms with Crippen molar-refractivity contribution in [2.75, 3.05) is 7.05 Å². The lowest BCUT2D eigenvalue weighted by Crippen LogP contribution is -2.43. The van der Waals surface area contributed by atoms with Gasteiger partial charge in [-0.05, 0) is 37.6 Å². The van der Waals surface area contributed by atoms with Crippen molar-refractivity contribution in [3.05, 3.63) is 0 Å². The maximum absolute atomic E-state index is 9.73. The predicted molar refractivity (Wildman–Crippen MR) is 44.2 cm³/mol. The highest BCUT2D eigenvalue weighted by molar-refractivity contribution is 5.03. The van der Waals surface area contributed by atoms with Crippen LogP contribution in [-0.2, 0) is 0 Å². The lowest BCUT2D eigenvalue weighted by atomic mass is 9.85. The standard InChI is InChI=1S/C9H17NO/c1-5-3-8(10-2)9(11)7-4-6(5)7/h5-11H,3-4H2,1-2H3/t5?,6?,7-,8?,9?/m1/s1. The van der Waals surface area contributed by atoms with Gasteiger partial charge in [-0.1, -0.05) is 6.92 Å². The van der Waals surface area contributed by atoms with E-state index in [1.54, 1.807) is 0 Å². The van der Waals surface area contributed by atoms with Gasteiger partial charge in [-0.3, -0.25) is 0 Å². The molecule has 4 unspecified atom stereocenters. The van der Waals surface area contributed by atoms with E-state index in [-0.39, 0.29) is 6.10 Å². The molecule has 2 rings (SSSR count). The first-order valence-electron chi connectivity index (χ1n) is 4.59. The Kier molecular flexibility index (Phi) is 1.69. The topological polar surface area (TPSA) is 32.3 Å². The minimum Gasteiger partial charge on any atom is -0.391 e. The molecule has 0 saturated heterocycles. The monoisotopic (exact) mass is 155 g/mol. The second kappa shape index (κ2) is 2.46. The Balaban J connectivity index is 2.02. The molecular weight excluding hydrogens is 138 g/mol. The van der Waals surface area contributed by atoms with Crippen LogP contribution in [0, 0.1) is 17.8 Å². The van der Waals surface area contributed by atoms with Gasteiger partial charge < -0.3 is 10.4 Å². The van der Waals surface area contributed by atoms with Gasteiger partial charge in [-0.25, -0.2) is 0 Å². The van der Waals surface area contributed by atoms with E-state index in [4.69, 9.17) is 0 Å². The molecule has 2 heteroatoms. The van der Waals surface area contributed by atoms with Crippen LogP contribution in [0.5, 0.6) is 0 Å². The molecule has 0 radical (unpaired) electrons. The Labute approximate surface area is 68.0 Å². The van der Waals surface area contributed by atoms with Crippen molar-refractivity contribution in [1.29, 1.82) is 0 Å². The van der Waals surface area contributed by atoms with Crippen LogP contribution in [0.3, 0.4) is 0 Å². The smallest absolute Gasteiger partial charge is 0.0724 e. The quantitative estimate of drug-likeness (QED) is 0.581. The van der Waals surface area contributed by atoms with E-state index < -0.39 is 0 Å². The first-order valence-corrected chi connectivity index (χ1v) is 4.59. The second-order valence-electron chi connectivity index (χ2n) is 4.16. The molecule has 2 aliphatic carbocycles. The van der Waals surface area contributed by atoms with Gasteiger partial charge in [-0.15, -0.1) is 0 Å². The summed E-state index contributed by atoms with van der Waals surface area (Å²) < 4.78 is 0. The molecule has 0 aromatic rings. The molecule has 0 heterocycles. The molecule has 2 N–H and O–H groups in total. The van der Waals surface area contributed by atoms with Crippen LogP contribution >= 0.6 is 0 Å². The number of hydrogen-bond acceptors (Lipinski definition) is 2. The van der Waals surface area contributed by atoms with E-state index >= 15 is 0 Å². The molecule has 2 nitrogen and oxygen atoms in total. The van der Waals surface area contributed by atoms with Crippen molar-refractivity contribution in [2.24, 2.45) is 17.8 Å². The molecule has 2 fully saturated rings. The summed E-state index contributed by atoms with van der Waals surface area (Å²) in [5, 5.41) is 12.9. The van der Waals surface area contributed by atoms with Crippen LogP contribution in [0.15, 0.2) is 0 Å². The highest BCUT2D eigenvalue weighted by Gasteiger charge is 2.51. The lowest BCUT2D eigenvalue weighted by molar-refractivity contribution is 0.0655. The number of hydrogen-bond donors (Lipinski definition) is 2. The molecule has 0 amide bonds. The zero-order chi connectivity index (χ0) is 8.01. The van der Waals surface area contributed by atoms with Gasteiger partial charge in [0, 0.05) is 6.04 Å².